The van der Waals surface area contributed by atoms with Crippen molar-refractivity contribution in [1.82, 2.24) is 19.8 Å². The van der Waals surface area contributed by atoms with Crippen LogP contribution in [0.2, 0.25) is 0 Å². The van der Waals surface area contributed by atoms with Gasteiger partial charge in [0.15, 0.2) is 11.6 Å². The smallest absolute Gasteiger partial charge is 0.354 e. The van der Waals surface area contributed by atoms with Gasteiger partial charge in [-0.1, -0.05) is 30.3 Å². The predicted octanol–water partition coefficient (Wildman–Crippen LogP) is 3.35. The highest BCUT2D eigenvalue weighted by molar-refractivity contribution is 6.21. The number of nitrogens with zero attached hydrogens (tertiary/aromatic N) is 5. The molecule has 1 aliphatic rings. The summed E-state index contributed by atoms with van der Waals surface area (Å²) in [7, 11) is 3.86. The molecule has 1 aliphatic heterocycles. The molecule has 2 aromatic carbocycles. The molecule has 0 spiro atoms. The van der Waals surface area contributed by atoms with E-state index >= 15 is 0 Å². The summed E-state index contributed by atoms with van der Waals surface area (Å²) < 4.78 is 0. The first-order valence-corrected chi connectivity index (χ1v) is 12.7. The molecule has 3 N–H and O–H groups in total. The van der Waals surface area contributed by atoms with E-state index in [0.717, 1.165) is 37.4 Å². The van der Waals surface area contributed by atoms with Gasteiger partial charge in [0.2, 0.25) is 5.91 Å². The zero-order chi connectivity index (χ0) is 27.5. The van der Waals surface area contributed by atoms with Crippen molar-refractivity contribution in [2.24, 2.45) is 4.99 Å². The lowest BCUT2D eigenvalue weighted by Crippen LogP contribution is -2.48. The third-order valence-corrected chi connectivity index (χ3v) is 6.95. The molecule has 0 atom stereocenters. The number of carbonyl (C=O) groups excluding carboxylic acids is 1. The van der Waals surface area contributed by atoms with E-state index in [1.54, 1.807) is 18.0 Å². The van der Waals surface area contributed by atoms with Crippen molar-refractivity contribution in [2.75, 3.05) is 51.7 Å². The van der Waals surface area contributed by atoms with Crippen LogP contribution in [0.1, 0.15) is 21.6 Å². The topological polar surface area (TPSA) is 125 Å². The fourth-order valence-corrected chi connectivity index (χ4v) is 4.61. The maximum atomic E-state index is 12.9. The fourth-order valence-electron chi connectivity index (χ4n) is 4.61. The molecule has 0 aliphatic carbocycles. The van der Waals surface area contributed by atoms with Crippen molar-refractivity contribution in [3.63, 3.8) is 0 Å². The zero-order valence-electron chi connectivity index (χ0n) is 21.8. The Labute approximate surface area is 225 Å². The molecule has 10 nitrogen and oxygen atoms in total. The molecule has 10 heteroatoms. The number of pyridine rings is 1. The van der Waals surface area contributed by atoms with Crippen LogP contribution in [0.5, 0.6) is 5.88 Å². The summed E-state index contributed by atoms with van der Waals surface area (Å²) in [6.07, 6.45) is 0. The van der Waals surface area contributed by atoms with E-state index in [1.165, 1.54) is 6.07 Å². The third kappa shape index (κ3) is 5.66. The van der Waals surface area contributed by atoms with Gasteiger partial charge in [-0.3, -0.25) is 9.69 Å². The van der Waals surface area contributed by atoms with Gasteiger partial charge in [-0.2, -0.15) is 0 Å². The molecule has 1 saturated heterocycles. The number of nitrogens with one attached hydrogen (secondary N) is 1. The van der Waals surface area contributed by atoms with Crippen molar-refractivity contribution < 1.29 is 19.8 Å². The van der Waals surface area contributed by atoms with Crippen molar-refractivity contribution >= 4 is 40.0 Å². The second-order valence-corrected chi connectivity index (χ2v) is 9.62. The summed E-state index contributed by atoms with van der Waals surface area (Å²) >= 11 is 0. The fraction of sp³-hybridized carbons (Fsp3) is 0.241. The van der Waals surface area contributed by atoms with Crippen molar-refractivity contribution in [2.45, 2.75) is 0 Å². The van der Waals surface area contributed by atoms with Crippen molar-refractivity contribution in [1.29, 1.82) is 0 Å². The highest BCUT2D eigenvalue weighted by Crippen LogP contribution is 2.31. The Hall–Kier alpha value is -4.54. The maximum absolute atomic E-state index is 12.9. The SMILES string of the molecule is CN1CCN(CC(=O)N(C)c2ccc(N=C(c3ccccc3)c3c(O)[nH]c4nc(C(=O)O)ccc34)cc2)CC1. The van der Waals surface area contributed by atoms with E-state index < -0.39 is 5.97 Å². The van der Waals surface area contributed by atoms with E-state index in [-0.39, 0.29) is 23.1 Å². The Balaban J connectivity index is 1.44. The van der Waals surface area contributed by atoms with Gasteiger partial charge >= 0.3 is 5.97 Å². The number of carboxylic acid groups (broad SMARTS) is 1. The summed E-state index contributed by atoms with van der Waals surface area (Å²) in [6.45, 7) is 4.03. The number of aromatic amines is 1. The van der Waals surface area contributed by atoms with Crippen LogP contribution >= 0.6 is 0 Å². The second-order valence-electron chi connectivity index (χ2n) is 9.62. The number of hydrogen-bond acceptors (Lipinski definition) is 7. The Kier molecular flexibility index (Phi) is 7.40. The zero-order valence-corrected chi connectivity index (χ0v) is 21.8. The van der Waals surface area contributed by atoms with Gasteiger partial charge in [0.1, 0.15) is 5.65 Å². The maximum Gasteiger partial charge on any atom is 0.354 e. The third-order valence-electron chi connectivity index (χ3n) is 6.95. The molecule has 2 aromatic heterocycles. The number of likely N-dealkylation sites (N-methyl/N-ethyl adjacent to an activating group) is 2. The van der Waals surface area contributed by atoms with E-state index in [4.69, 9.17) is 4.99 Å². The van der Waals surface area contributed by atoms with Crippen LogP contribution < -0.4 is 4.90 Å². The van der Waals surface area contributed by atoms with Gasteiger partial charge in [-0.15, -0.1) is 0 Å². The number of amides is 1. The van der Waals surface area contributed by atoms with Crippen LogP contribution in [0.4, 0.5) is 11.4 Å². The molecule has 0 unspecified atom stereocenters. The normalized spacial score (nSPS) is 15.0. The highest BCUT2D eigenvalue weighted by atomic mass is 16.4. The van der Waals surface area contributed by atoms with E-state index in [2.05, 4.69) is 26.8 Å². The van der Waals surface area contributed by atoms with Crippen LogP contribution in [-0.4, -0.2) is 94.4 Å². The molecule has 200 valence electrons. The van der Waals surface area contributed by atoms with E-state index in [9.17, 15) is 19.8 Å². The molecule has 0 bridgehead atoms. The summed E-state index contributed by atoms with van der Waals surface area (Å²) in [6, 6.07) is 19.8. The quantitative estimate of drug-likeness (QED) is 0.315. The van der Waals surface area contributed by atoms with Gasteiger partial charge in [0.25, 0.3) is 0 Å². The Morgan fingerprint density at radius 2 is 1.69 bits per heavy atom. The molecule has 1 fully saturated rings. The second kappa shape index (κ2) is 11.1. The van der Waals surface area contributed by atoms with Gasteiger partial charge in [-0.05, 0) is 43.4 Å². The molecular weight excluding hydrogens is 496 g/mol. The molecule has 3 heterocycles. The summed E-state index contributed by atoms with van der Waals surface area (Å²) in [5.74, 6) is -1.29. The number of H-pyrrole nitrogens is 1. The van der Waals surface area contributed by atoms with E-state index in [0.29, 0.717) is 28.9 Å². The average molecular weight is 527 g/mol. The number of hydrogen-bond donors (Lipinski definition) is 3. The average Bonchev–Trinajstić information content (AvgIpc) is 3.28. The number of aromatic nitrogens is 2. The van der Waals surface area contributed by atoms with Gasteiger partial charge < -0.3 is 25.0 Å². The van der Waals surface area contributed by atoms with Crippen LogP contribution in [0.25, 0.3) is 11.0 Å². The van der Waals surface area contributed by atoms with Crippen molar-refractivity contribution in [3.8, 4) is 5.88 Å². The number of aromatic hydroxyl groups is 1. The Bertz CT molecular complexity index is 1520. The molecule has 0 saturated carbocycles. The minimum Gasteiger partial charge on any atom is -0.494 e. The number of aliphatic imine (C=N–C) groups is 1. The van der Waals surface area contributed by atoms with Crippen molar-refractivity contribution in [3.05, 3.63) is 83.6 Å². The first-order chi connectivity index (χ1) is 18.8. The lowest BCUT2D eigenvalue weighted by Gasteiger charge is -2.32. The lowest BCUT2D eigenvalue weighted by atomic mass is 10.0. The number of aromatic carboxylic acids is 1. The Morgan fingerprint density at radius 3 is 2.36 bits per heavy atom. The summed E-state index contributed by atoms with van der Waals surface area (Å²) in [5, 5.41) is 20.7. The number of piperazine rings is 1. The Morgan fingerprint density at radius 1 is 1.00 bits per heavy atom. The van der Waals surface area contributed by atoms with Gasteiger partial charge in [0, 0.05) is 49.9 Å². The number of carboxylic acids is 1. The molecule has 5 rings (SSSR count). The summed E-state index contributed by atoms with van der Waals surface area (Å²) in [4.78, 5) is 42.1. The molecule has 4 aromatic rings. The molecule has 1 amide bonds. The lowest BCUT2D eigenvalue weighted by molar-refractivity contribution is -0.119. The number of anilines is 1. The van der Waals surface area contributed by atoms with Gasteiger partial charge in [0.05, 0.1) is 23.5 Å². The molecular formula is C29H30N6O4. The van der Waals surface area contributed by atoms with E-state index in [1.807, 2.05) is 54.6 Å². The predicted molar refractivity (Wildman–Crippen MR) is 150 cm³/mol. The van der Waals surface area contributed by atoms with Crippen LogP contribution in [0, 0.1) is 0 Å². The van der Waals surface area contributed by atoms with Crippen LogP contribution in [0.3, 0.4) is 0 Å². The molecule has 0 radical (unpaired) electrons. The minimum atomic E-state index is -1.16. The first kappa shape index (κ1) is 26.1. The number of benzene rings is 2. The largest absolute Gasteiger partial charge is 0.494 e. The minimum absolute atomic E-state index is 0.0257. The highest BCUT2D eigenvalue weighted by Gasteiger charge is 2.22. The standard InChI is InChI=1S/C29H30N6O4/c1-33-14-16-35(17-15-33)18-24(36)34(2)21-10-8-20(9-11-21)30-26(19-6-4-3-5-7-19)25-22-12-13-23(29(38)39)31-27(22)32-28(25)37/h3-13,37H,14-18H2,1-2H3,(H,31,32)(H,38,39). The van der Waals surface area contributed by atoms with Crippen LogP contribution in [-0.2, 0) is 4.79 Å². The number of fused-ring (bicyclic) bond motifs is 1. The van der Waals surface area contributed by atoms with Gasteiger partial charge in [-0.25, -0.2) is 14.8 Å². The molecule has 39 heavy (non-hydrogen) atoms. The monoisotopic (exact) mass is 526 g/mol. The number of carbonyl (C=O) groups is 2. The van der Waals surface area contributed by atoms with Crippen LogP contribution in [0.15, 0.2) is 71.7 Å². The number of rotatable bonds is 7. The first-order valence-electron chi connectivity index (χ1n) is 12.7. The summed E-state index contributed by atoms with van der Waals surface area (Å²) in [5.41, 5.74) is 3.19.